The van der Waals surface area contributed by atoms with Crippen LogP contribution in [0.5, 0.6) is 5.75 Å². The lowest BCUT2D eigenvalue weighted by Gasteiger charge is -2.08. The highest BCUT2D eigenvalue weighted by Crippen LogP contribution is 2.28. The molecule has 0 bridgehead atoms. The summed E-state index contributed by atoms with van der Waals surface area (Å²) in [7, 11) is 0. The van der Waals surface area contributed by atoms with Gasteiger partial charge in [0.2, 0.25) is 0 Å². The highest BCUT2D eigenvalue weighted by atomic mass is 35.5. The monoisotopic (exact) mass is 495 g/mol. The molecule has 10 heteroatoms. The highest BCUT2D eigenvalue weighted by Gasteiger charge is 2.28. The topological polar surface area (TPSA) is 50.8 Å². The molecule has 0 aliphatic carbocycles. The number of nitrogens with one attached hydrogen (secondary N) is 1. The first-order chi connectivity index (χ1) is 15.3. The van der Waals surface area contributed by atoms with Gasteiger partial charge in [-0.1, -0.05) is 35.5 Å². The van der Waals surface area contributed by atoms with Gasteiger partial charge >= 0.3 is 6.18 Å². The van der Waals surface area contributed by atoms with Crippen LogP contribution in [0.4, 0.5) is 13.2 Å². The van der Waals surface area contributed by atoms with Gasteiger partial charge in [0.15, 0.2) is 11.8 Å². The van der Waals surface area contributed by atoms with Gasteiger partial charge < -0.3 is 9.72 Å². The molecule has 32 heavy (non-hydrogen) atoms. The summed E-state index contributed by atoms with van der Waals surface area (Å²) in [4.78, 5) is 13.1. The number of ether oxygens (including phenoxy) is 1. The minimum atomic E-state index is -4.38. The van der Waals surface area contributed by atoms with E-state index in [1.165, 1.54) is 29.5 Å². The number of halogens is 4. The Bertz CT molecular complexity index is 1200. The van der Waals surface area contributed by atoms with E-state index in [9.17, 15) is 13.2 Å². The van der Waals surface area contributed by atoms with E-state index in [1.54, 1.807) is 24.0 Å². The predicted molar refractivity (Wildman–Crippen MR) is 122 cm³/mol. The van der Waals surface area contributed by atoms with Crippen LogP contribution in [0.15, 0.2) is 70.8 Å². The molecule has 4 nitrogen and oxygen atoms in total. The molecule has 0 aliphatic heterocycles. The van der Waals surface area contributed by atoms with Gasteiger partial charge in [-0.15, -0.1) is 11.8 Å². The first-order valence-electron chi connectivity index (χ1n) is 9.48. The fourth-order valence-corrected chi connectivity index (χ4v) is 4.62. The summed E-state index contributed by atoms with van der Waals surface area (Å²) in [5.41, 5.74) is 3.37. The summed E-state index contributed by atoms with van der Waals surface area (Å²) in [6.07, 6.45) is -2.60. The molecule has 2 aromatic heterocycles. The van der Waals surface area contributed by atoms with Crippen LogP contribution in [0, 0.1) is 0 Å². The van der Waals surface area contributed by atoms with Crippen molar-refractivity contribution in [1.29, 1.82) is 0 Å². The number of fused-ring (bicyclic) bond motifs is 1. The molecule has 0 fully saturated rings. The standard InChI is InChI=1S/C22H17ClF3N3OS2/c23-15-3-1-14(2-4-15)11-31-18-7-8-27-16(9-18)12-32-21-28-19-6-5-17(10-20(19)29-21)30-13-22(24,25)26/h1-10H,11-13H2,(H,28,29). The number of benzene rings is 2. The van der Waals surface area contributed by atoms with Crippen molar-refractivity contribution in [2.45, 2.75) is 27.7 Å². The summed E-state index contributed by atoms with van der Waals surface area (Å²) in [5.74, 6) is 1.57. The Morgan fingerprint density at radius 2 is 1.78 bits per heavy atom. The molecular formula is C22H17ClF3N3OS2. The van der Waals surface area contributed by atoms with E-state index >= 15 is 0 Å². The van der Waals surface area contributed by atoms with Crippen LogP contribution in [-0.4, -0.2) is 27.7 Å². The van der Waals surface area contributed by atoms with E-state index in [-0.39, 0.29) is 5.75 Å². The smallest absolute Gasteiger partial charge is 0.422 e. The molecule has 0 saturated heterocycles. The summed E-state index contributed by atoms with van der Waals surface area (Å²) < 4.78 is 41.8. The van der Waals surface area contributed by atoms with Crippen LogP contribution in [0.1, 0.15) is 11.3 Å². The minimum absolute atomic E-state index is 0.141. The van der Waals surface area contributed by atoms with Gasteiger partial charge in [-0.3, -0.25) is 4.98 Å². The third-order valence-corrected chi connectivity index (χ3v) is 6.52. The molecule has 2 aromatic carbocycles. The first-order valence-corrected chi connectivity index (χ1v) is 11.8. The number of nitrogens with zero attached hydrogens (tertiary/aromatic N) is 2. The van der Waals surface area contributed by atoms with Crippen molar-refractivity contribution < 1.29 is 17.9 Å². The Morgan fingerprint density at radius 1 is 0.969 bits per heavy atom. The van der Waals surface area contributed by atoms with Crippen LogP contribution in [-0.2, 0) is 11.5 Å². The van der Waals surface area contributed by atoms with E-state index in [0.29, 0.717) is 21.9 Å². The number of pyridine rings is 1. The number of imidazole rings is 1. The van der Waals surface area contributed by atoms with Crippen molar-refractivity contribution in [3.8, 4) is 5.75 Å². The molecule has 0 amide bonds. The second kappa shape index (κ2) is 10.1. The lowest BCUT2D eigenvalue weighted by atomic mass is 10.2. The molecule has 2 heterocycles. The number of thioether (sulfide) groups is 2. The van der Waals surface area contributed by atoms with Crippen LogP contribution in [0.25, 0.3) is 11.0 Å². The molecule has 1 N–H and O–H groups in total. The Balaban J connectivity index is 1.35. The molecule has 0 spiro atoms. The van der Waals surface area contributed by atoms with Crippen molar-refractivity contribution in [3.63, 3.8) is 0 Å². The SMILES string of the molecule is FC(F)(F)COc1ccc2nc(SCc3cc(SCc4ccc(Cl)cc4)ccn3)[nH]c2c1. The summed E-state index contributed by atoms with van der Waals surface area (Å²) in [6, 6.07) is 16.4. The van der Waals surface area contributed by atoms with Crippen LogP contribution in [0.3, 0.4) is 0 Å². The van der Waals surface area contributed by atoms with E-state index in [1.807, 2.05) is 36.4 Å². The maximum atomic E-state index is 12.3. The number of hydrogen-bond donors (Lipinski definition) is 1. The van der Waals surface area contributed by atoms with Crippen LogP contribution in [0.2, 0.25) is 5.02 Å². The number of alkyl halides is 3. The molecule has 0 aliphatic rings. The Morgan fingerprint density at radius 3 is 2.56 bits per heavy atom. The van der Waals surface area contributed by atoms with Gasteiger partial charge in [0, 0.05) is 33.7 Å². The van der Waals surface area contributed by atoms with Crippen LogP contribution < -0.4 is 4.74 Å². The van der Waals surface area contributed by atoms with Gasteiger partial charge in [0.1, 0.15) is 5.75 Å². The molecule has 4 aromatic rings. The second-order valence-corrected chi connectivity index (χ2v) is 9.26. The van der Waals surface area contributed by atoms with Gasteiger partial charge in [-0.25, -0.2) is 4.98 Å². The third-order valence-electron chi connectivity index (χ3n) is 4.30. The highest BCUT2D eigenvalue weighted by molar-refractivity contribution is 7.98. The summed E-state index contributed by atoms with van der Waals surface area (Å²) in [6.45, 7) is -1.33. The fourth-order valence-electron chi connectivity index (χ4n) is 2.80. The number of hydrogen-bond acceptors (Lipinski definition) is 5. The minimum Gasteiger partial charge on any atom is -0.484 e. The molecule has 0 radical (unpaired) electrons. The quantitative estimate of drug-likeness (QED) is 0.263. The average Bonchev–Trinajstić information content (AvgIpc) is 3.18. The normalized spacial score (nSPS) is 11.8. The van der Waals surface area contributed by atoms with Crippen molar-refractivity contribution >= 4 is 46.2 Å². The van der Waals surface area contributed by atoms with Crippen molar-refractivity contribution in [2.75, 3.05) is 6.61 Å². The van der Waals surface area contributed by atoms with Crippen molar-refractivity contribution in [3.05, 3.63) is 77.1 Å². The number of rotatable bonds is 8. The Labute approximate surface area is 195 Å². The Hall–Kier alpha value is -2.36. The predicted octanol–water partition coefficient (Wildman–Crippen LogP) is 7.14. The van der Waals surface area contributed by atoms with Crippen molar-refractivity contribution in [2.24, 2.45) is 0 Å². The first kappa shape index (κ1) is 22.8. The van der Waals surface area contributed by atoms with Gasteiger partial charge in [-0.05, 0) is 42.0 Å². The zero-order valence-corrected chi connectivity index (χ0v) is 18.9. The molecular weight excluding hydrogens is 479 g/mol. The Kier molecular flexibility index (Phi) is 7.17. The molecule has 0 saturated carbocycles. The number of aromatic amines is 1. The van der Waals surface area contributed by atoms with Crippen LogP contribution >= 0.6 is 35.1 Å². The van der Waals surface area contributed by atoms with E-state index in [0.717, 1.165) is 21.4 Å². The lowest BCUT2D eigenvalue weighted by Crippen LogP contribution is -2.19. The van der Waals surface area contributed by atoms with E-state index in [2.05, 4.69) is 15.0 Å². The van der Waals surface area contributed by atoms with Crippen molar-refractivity contribution in [1.82, 2.24) is 15.0 Å². The maximum absolute atomic E-state index is 12.3. The number of aromatic nitrogens is 3. The molecule has 166 valence electrons. The summed E-state index contributed by atoms with van der Waals surface area (Å²) >= 11 is 9.12. The van der Waals surface area contributed by atoms with Gasteiger partial charge in [0.25, 0.3) is 0 Å². The maximum Gasteiger partial charge on any atom is 0.422 e. The molecule has 4 rings (SSSR count). The zero-order chi connectivity index (χ0) is 22.6. The zero-order valence-electron chi connectivity index (χ0n) is 16.5. The van der Waals surface area contributed by atoms with Gasteiger partial charge in [0.05, 0.1) is 16.7 Å². The number of H-pyrrole nitrogens is 1. The second-order valence-electron chi connectivity index (χ2n) is 6.81. The van der Waals surface area contributed by atoms with E-state index < -0.39 is 12.8 Å². The molecule has 0 atom stereocenters. The fraction of sp³-hybridized carbons (Fsp3) is 0.182. The summed E-state index contributed by atoms with van der Waals surface area (Å²) in [5, 5.41) is 1.38. The third kappa shape index (κ3) is 6.57. The molecule has 0 unspecified atom stereocenters. The van der Waals surface area contributed by atoms with Gasteiger partial charge in [-0.2, -0.15) is 13.2 Å². The van der Waals surface area contributed by atoms with E-state index in [4.69, 9.17) is 16.3 Å². The average molecular weight is 496 g/mol. The largest absolute Gasteiger partial charge is 0.484 e. The lowest BCUT2D eigenvalue weighted by molar-refractivity contribution is -0.153.